The van der Waals surface area contributed by atoms with Crippen LogP contribution < -0.4 is 0 Å². The van der Waals surface area contributed by atoms with Crippen molar-refractivity contribution in [2.24, 2.45) is 11.0 Å². The Morgan fingerprint density at radius 2 is 2.04 bits per heavy atom. The van der Waals surface area contributed by atoms with Crippen LogP contribution in [0, 0.1) is 5.92 Å². The number of hydrogen-bond acceptors (Lipinski definition) is 3. The van der Waals surface area contributed by atoms with Crippen molar-refractivity contribution >= 4 is 11.9 Å². The minimum Gasteiger partial charge on any atom is -0.322 e. The molecule has 0 saturated carbocycles. The third-order valence-electron chi connectivity index (χ3n) is 4.95. The summed E-state index contributed by atoms with van der Waals surface area (Å²) in [6.45, 7) is 4.28. The van der Waals surface area contributed by atoms with Gasteiger partial charge < -0.3 is 4.90 Å². The van der Waals surface area contributed by atoms with Gasteiger partial charge in [-0.3, -0.25) is 9.69 Å². The fraction of sp³-hybridized carbons (Fsp3) is 0.556. The fourth-order valence-electron chi connectivity index (χ4n) is 3.35. The molecule has 1 fully saturated rings. The Hall–Kier alpha value is -2.53. The zero-order valence-electron chi connectivity index (χ0n) is 15.0. The highest BCUT2D eigenvalue weighted by Gasteiger charge is 2.46. The molecule has 0 bridgehead atoms. The molecule has 0 radical (unpaired) electrons. The van der Waals surface area contributed by atoms with E-state index < -0.39 is 0 Å². The average Bonchev–Trinajstić information content (AvgIpc) is 2.86. The lowest BCUT2D eigenvalue weighted by Crippen LogP contribution is -2.40. The molecule has 3 amide bonds. The summed E-state index contributed by atoms with van der Waals surface area (Å²) >= 11 is 0. The molecule has 7 heteroatoms. The molecule has 1 aliphatic rings. The van der Waals surface area contributed by atoms with E-state index in [-0.39, 0.29) is 29.9 Å². The van der Waals surface area contributed by atoms with Crippen LogP contribution in [0.25, 0.3) is 10.4 Å². The summed E-state index contributed by atoms with van der Waals surface area (Å²) in [5.74, 6) is -0.388. The Kier molecular flexibility index (Phi) is 6.42. The number of nitrogens with zero attached hydrogens (tertiary/aromatic N) is 5. The fourth-order valence-corrected chi connectivity index (χ4v) is 3.35. The van der Waals surface area contributed by atoms with E-state index in [2.05, 4.69) is 10.0 Å². The van der Waals surface area contributed by atoms with Crippen LogP contribution in [-0.2, 0) is 4.79 Å². The number of benzene rings is 1. The van der Waals surface area contributed by atoms with Crippen LogP contribution in [0.1, 0.15) is 44.7 Å². The Bertz CT molecular complexity index is 657. The predicted octanol–water partition coefficient (Wildman–Crippen LogP) is 4.13. The van der Waals surface area contributed by atoms with Crippen LogP contribution in [-0.4, -0.2) is 41.4 Å². The highest BCUT2D eigenvalue weighted by molar-refractivity contribution is 5.97. The lowest BCUT2D eigenvalue weighted by molar-refractivity contribution is -0.134. The van der Waals surface area contributed by atoms with Crippen molar-refractivity contribution in [3.63, 3.8) is 0 Å². The molecule has 0 unspecified atom stereocenters. The molecule has 25 heavy (non-hydrogen) atoms. The summed E-state index contributed by atoms with van der Waals surface area (Å²) in [4.78, 5) is 31.6. The first-order valence-corrected chi connectivity index (χ1v) is 8.68. The van der Waals surface area contributed by atoms with Crippen molar-refractivity contribution in [3.8, 4) is 0 Å². The number of carbonyl (C=O) groups excluding carboxylic acids is 2. The molecule has 134 valence electrons. The van der Waals surface area contributed by atoms with Gasteiger partial charge in [0.2, 0.25) is 5.91 Å². The monoisotopic (exact) mass is 343 g/mol. The van der Waals surface area contributed by atoms with Crippen molar-refractivity contribution in [1.82, 2.24) is 9.80 Å². The number of amides is 3. The Balaban J connectivity index is 2.24. The van der Waals surface area contributed by atoms with E-state index in [4.69, 9.17) is 5.53 Å². The van der Waals surface area contributed by atoms with E-state index in [0.29, 0.717) is 25.8 Å². The smallest absolute Gasteiger partial charge is 0.322 e. The molecular weight excluding hydrogens is 318 g/mol. The number of urea groups is 1. The maximum atomic E-state index is 13.1. The van der Waals surface area contributed by atoms with Crippen LogP contribution in [0.3, 0.4) is 0 Å². The summed E-state index contributed by atoms with van der Waals surface area (Å²) in [7, 11) is 1.73. The van der Waals surface area contributed by atoms with Crippen LogP contribution >= 0.6 is 0 Å². The summed E-state index contributed by atoms with van der Waals surface area (Å²) < 4.78 is 0. The van der Waals surface area contributed by atoms with Crippen LogP contribution in [0.2, 0.25) is 0 Å². The van der Waals surface area contributed by atoms with E-state index in [1.807, 2.05) is 44.2 Å². The van der Waals surface area contributed by atoms with E-state index in [0.717, 1.165) is 5.56 Å². The van der Waals surface area contributed by atoms with E-state index in [1.54, 1.807) is 11.9 Å². The highest BCUT2D eigenvalue weighted by Crippen LogP contribution is 2.36. The standard InChI is InChI=1S/C18H25N5O2/c1-4-14(11-8-12-20-21-19)17(24)23-16(13(2)22(3)18(23)25)15-9-6-5-7-10-15/h5-7,9-10,13-14,16H,4,8,11-12H2,1-3H3/t13-,14-,16-/m1/s1. The van der Waals surface area contributed by atoms with Crippen molar-refractivity contribution in [1.29, 1.82) is 0 Å². The molecule has 0 aromatic heterocycles. The SMILES string of the molecule is CC[C@H](CCCN=[N+]=[N-])C(=O)N1C(=O)N(C)[C@H](C)[C@@H]1c1ccccc1. The summed E-state index contributed by atoms with van der Waals surface area (Å²) in [6, 6.07) is 9.06. The van der Waals surface area contributed by atoms with Gasteiger partial charge in [0.1, 0.15) is 0 Å². The molecule has 2 rings (SSSR count). The van der Waals surface area contributed by atoms with Crippen molar-refractivity contribution in [3.05, 3.63) is 46.3 Å². The lowest BCUT2D eigenvalue weighted by atomic mass is 9.95. The van der Waals surface area contributed by atoms with Gasteiger partial charge in [-0.25, -0.2) is 4.79 Å². The first-order valence-electron chi connectivity index (χ1n) is 8.68. The third-order valence-corrected chi connectivity index (χ3v) is 4.95. The lowest BCUT2D eigenvalue weighted by Gasteiger charge is -2.27. The van der Waals surface area contributed by atoms with Crippen molar-refractivity contribution in [2.45, 2.75) is 45.2 Å². The molecule has 1 aromatic rings. The number of rotatable bonds is 7. The zero-order valence-corrected chi connectivity index (χ0v) is 15.0. The number of hydrogen-bond donors (Lipinski definition) is 0. The van der Waals surface area contributed by atoms with Gasteiger partial charge >= 0.3 is 6.03 Å². The molecule has 1 aliphatic heterocycles. The van der Waals surface area contributed by atoms with Gasteiger partial charge in [0.05, 0.1) is 12.1 Å². The predicted molar refractivity (Wildman–Crippen MR) is 95.7 cm³/mol. The first-order chi connectivity index (χ1) is 12.0. The second kappa shape index (κ2) is 8.53. The molecule has 1 aromatic carbocycles. The summed E-state index contributed by atoms with van der Waals surface area (Å²) in [5.41, 5.74) is 9.32. The minimum absolute atomic E-state index is 0.0838. The van der Waals surface area contributed by atoms with Crippen LogP contribution in [0.4, 0.5) is 4.79 Å². The van der Waals surface area contributed by atoms with Gasteiger partial charge in [0.25, 0.3) is 0 Å². The first kappa shape index (κ1) is 18.8. The summed E-state index contributed by atoms with van der Waals surface area (Å²) in [5, 5.41) is 3.52. The molecule has 0 aliphatic carbocycles. The maximum absolute atomic E-state index is 13.1. The van der Waals surface area contributed by atoms with E-state index >= 15 is 0 Å². The van der Waals surface area contributed by atoms with Crippen LogP contribution in [0.15, 0.2) is 35.4 Å². The normalized spacial score (nSPS) is 21.2. The second-order valence-corrected chi connectivity index (χ2v) is 6.40. The molecule has 3 atom stereocenters. The van der Waals surface area contributed by atoms with Crippen molar-refractivity contribution < 1.29 is 9.59 Å². The molecular formula is C18H25N5O2. The Labute approximate surface area is 148 Å². The molecule has 1 saturated heterocycles. The number of likely N-dealkylation sites (N-methyl/N-ethyl adjacent to an activating group) is 1. The van der Waals surface area contributed by atoms with Gasteiger partial charge in [0.15, 0.2) is 0 Å². The molecule has 1 heterocycles. The zero-order chi connectivity index (χ0) is 18.4. The maximum Gasteiger partial charge on any atom is 0.327 e. The van der Waals surface area contributed by atoms with Gasteiger partial charge in [-0.15, -0.1) is 0 Å². The average molecular weight is 343 g/mol. The Morgan fingerprint density at radius 3 is 2.64 bits per heavy atom. The largest absolute Gasteiger partial charge is 0.327 e. The number of carbonyl (C=O) groups is 2. The van der Waals surface area contributed by atoms with Gasteiger partial charge in [-0.1, -0.05) is 42.4 Å². The van der Waals surface area contributed by atoms with Crippen LogP contribution in [0.5, 0.6) is 0 Å². The molecule has 0 N–H and O–H groups in total. The number of azide groups is 1. The molecule has 7 nitrogen and oxygen atoms in total. The third kappa shape index (κ3) is 3.94. The van der Waals surface area contributed by atoms with Gasteiger partial charge in [0, 0.05) is 24.4 Å². The van der Waals surface area contributed by atoms with E-state index in [1.165, 1.54) is 4.90 Å². The van der Waals surface area contributed by atoms with Gasteiger partial charge in [-0.2, -0.15) is 0 Å². The van der Waals surface area contributed by atoms with Gasteiger partial charge in [-0.05, 0) is 37.3 Å². The quantitative estimate of drug-likeness (QED) is 0.322. The highest BCUT2D eigenvalue weighted by atomic mass is 16.2. The van der Waals surface area contributed by atoms with E-state index in [9.17, 15) is 9.59 Å². The number of imide groups is 1. The summed E-state index contributed by atoms with van der Waals surface area (Å²) in [6.07, 6.45) is 1.90. The molecule has 0 spiro atoms. The minimum atomic E-state index is -0.280. The Morgan fingerprint density at radius 1 is 1.36 bits per heavy atom. The second-order valence-electron chi connectivity index (χ2n) is 6.40. The topological polar surface area (TPSA) is 89.4 Å². The van der Waals surface area contributed by atoms with Crippen molar-refractivity contribution in [2.75, 3.05) is 13.6 Å².